The van der Waals surface area contributed by atoms with Gasteiger partial charge in [0.2, 0.25) is 0 Å². The van der Waals surface area contributed by atoms with E-state index in [1.54, 1.807) is 12.1 Å². The second-order valence-electron chi connectivity index (χ2n) is 2.54. The van der Waals surface area contributed by atoms with Crippen LogP contribution in [0.4, 0.5) is 0 Å². The number of aliphatic carboxylic acids is 1. The maximum Gasteiger partial charge on any atom is 0.324 e. The molecule has 0 unspecified atom stereocenters. The molecule has 1 aromatic heterocycles. The maximum absolute atomic E-state index is 11.4. The summed E-state index contributed by atoms with van der Waals surface area (Å²) < 4.78 is 0. The molecule has 74 valence electrons. The molecule has 0 saturated heterocycles. The minimum atomic E-state index is -1.17. The van der Waals surface area contributed by atoms with Crippen LogP contribution in [0.5, 0.6) is 0 Å². The van der Waals surface area contributed by atoms with Crippen LogP contribution in [0.2, 0.25) is 0 Å². The van der Waals surface area contributed by atoms with Crippen LogP contribution in [0.25, 0.3) is 0 Å². The monoisotopic (exact) mass is 195 g/mol. The van der Waals surface area contributed by atoms with Crippen molar-refractivity contribution in [1.29, 1.82) is 0 Å². The van der Waals surface area contributed by atoms with Crippen LogP contribution in [0.1, 0.15) is 10.5 Å². The third-order valence-corrected chi connectivity index (χ3v) is 1.45. The number of aromatic nitrogens is 1. The Labute approximate surface area is 79.9 Å². The van der Waals surface area contributed by atoms with Gasteiger partial charge in [-0.25, -0.2) is 5.84 Å². The van der Waals surface area contributed by atoms with Gasteiger partial charge in [0, 0.05) is 6.20 Å². The number of hydrazine groups is 1. The van der Waals surface area contributed by atoms with Gasteiger partial charge in [-0.05, 0) is 12.1 Å². The number of amides is 1. The standard InChI is InChI=1S/C8H9N3O3/c9-11(5-7(12)13)8(14)6-3-1-2-4-10-6/h1-4H,5,9H2,(H,12,13). The predicted octanol–water partition coefficient (Wildman–Crippen LogP) is -0.518. The van der Waals surface area contributed by atoms with Crippen molar-refractivity contribution >= 4 is 11.9 Å². The largest absolute Gasteiger partial charge is 0.480 e. The van der Waals surface area contributed by atoms with Crippen LogP contribution in [0.3, 0.4) is 0 Å². The molecule has 0 atom stereocenters. The summed E-state index contributed by atoms with van der Waals surface area (Å²) in [7, 11) is 0. The van der Waals surface area contributed by atoms with Crippen molar-refractivity contribution in [2.45, 2.75) is 0 Å². The summed E-state index contributed by atoms with van der Waals surface area (Å²) in [4.78, 5) is 25.3. The first-order chi connectivity index (χ1) is 6.61. The normalized spacial score (nSPS) is 9.50. The van der Waals surface area contributed by atoms with Crippen LogP contribution in [-0.2, 0) is 4.79 Å². The third kappa shape index (κ3) is 2.53. The molecule has 3 N–H and O–H groups in total. The first-order valence-corrected chi connectivity index (χ1v) is 3.80. The molecule has 1 aromatic rings. The highest BCUT2D eigenvalue weighted by Crippen LogP contribution is 1.96. The maximum atomic E-state index is 11.4. The molecule has 0 radical (unpaired) electrons. The summed E-state index contributed by atoms with van der Waals surface area (Å²) in [5.74, 6) is 3.43. The van der Waals surface area contributed by atoms with Crippen LogP contribution < -0.4 is 5.84 Å². The molecular formula is C8H9N3O3. The number of carboxylic acids is 1. The van der Waals surface area contributed by atoms with Gasteiger partial charge in [-0.3, -0.25) is 19.6 Å². The number of pyridine rings is 1. The summed E-state index contributed by atoms with van der Waals surface area (Å²) >= 11 is 0. The molecule has 6 nitrogen and oxygen atoms in total. The zero-order valence-electron chi connectivity index (χ0n) is 7.25. The lowest BCUT2D eigenvalue weighted by Gasteiger charge is -2.12. The number of hydrogen-bond acceptors (Lipinski definition) is 4. The Morgan fingerprint density at radius 2 is 2.21 bits per heavy atom. The van der Waals surface area contributed by atoms with E-state index in [0.717, 1.165) is 0 Å². The van der Waals surface area contributed by atoms with E-state index >= 15 is 0 Å². The number of rotatable bonds is 3. The number of hydrogen-bond donors (Lipinski definition) is 2. The van der Waals surface area contributed by atoms with Crippen LogP contribution >= 0.6 is 0 Å². The van der Waals surface area contributed by atoms with Gasteiger partial charge in [0.15, 0.2) is 0 Å². The highest BCUT2D eigenvalue weighted by molar-refractivity contribution is 5.93. The number of carbonyl (C=O) groups is 2. The van der Waals surface area contributed by atoms with Crippen molar-refractivity contribution in [3.05, 3.63) is 30.1 Å². The van der Waals surface area contributed by atoms with E-state index in [2.05, 4.69) is 4.98 Å². The average Bonchev–Trinajstić information content (AvgIpc) is 2.17. The first kappa shape index (κ1) is 10.1. The van der Waals surface area contributed by atoms with E-state index < -0.39 is 18.4 Å². The Kier molecular flexibility index (Phi) is 3.14. The Morgan fingerprint density at radius 3 is 2.71 bits per heavy atom. The molecule has 6 heteroatoms. The molecule has 0 spiro atoms. The highest BCUT2D eigenvalue weighted by atomic mass is 16.4. The molecule has 0 fully saturated rings. The minimum absolute atomic E-state index is 0.122. The Hall–Kier alpha value is -1.95. The average molecular weight is 195 g/mol. The van der Waals surface area contributed by atoms with Crippen LogP contribution in [-0.4, -0.2) is 33.5 Å². The number of carboxylic acid groups (broad SMARTS) is 1. The van der Waals surface area contributed by atoms with E-state index in [4.69, 9.17) is 10.9 Å². The molecule has 0 saturated carbocycles. The van der Waals surface area contributed by atoms with Gasteiger partial charge in [-0.15, -0.1) is 0 Å². The smallest absolute Gasteiger partial charge is 0.324 e. The van der Waals surface area contributed by atoms with Gasteiger partial charge < -0.3 is 5.11 Å². The van der Waals surface area contributed by atoms with E-state index in [1.165, 1.54) is 12.3 Å². The molecule has 0 aliphatic carbocycles. The van der Waals surface area contributed by atoms with Gasteiger partial charge in [0.1, 0.15) is 12.2 Å². The second-order valence-corrected chi connectivity index (χ2v) is 2.54. The fourth-order valence-corrected chi connectivity index (χ4v) is 0.854. The first-order valence-electron chi connectivity index (χ1n) is 3.80. The summed E-state index contributed by atoms with van der Waals surface area (Å²) in [6, 6.07) is 4.73. The van der Waals surface area contributed by atoms with Crippen molar-refractivity contribution in [2.75, 3.05) is 6.54 Å². The quantitative estimate of drug-likeness (QED) is 0.384. The number of carbonyl (C=O) groups excluding carboxylic acids is 1. The van der Waals surface area contributed by atoms with Crippen molar-refractivity contribution < 1.29 is 14.7 Å². The van der Waals surface area contributed by atoms with E-state index in [0.29, 0.717) is 5.01 Å². The van der Waals surface area contributed by atoms with Crippen LogP contribution in [0, 0.1) is 0 Å². The topological polar surface area (TPSA) is 96.5 Å². The van der Waals surface area contributed by atoms with E-state index in [-0.39, 0.29) is 5.69 Å². The lowest BCUT2D eigenvalue weighted by atomic mass is 10.3. The summed E-state index contributed by atoms with van der Waals surface area (Å²) in [6.45, 7) is -0.546. The SMILES string of the molecule is NN(CC(=O)O)C(=O)c1ccccn1. The van der Waals surface area contributed by atoms with Crippen molar-refractivity contribution in [3.8, 4) is 0 Å². The fraction of sp³-hybridized carbons (Fsp3) is 0.125. The van der Waals surface area contributed by atoms with Gasteiger partial charge in [0.05, 0.1) is 0 Å². The zero-order valence-corrected chi connectivity index (χ0v) is 7.25. The Morgan fingerprint density at radius 1 is 1.50 bits per heavy atom. The van der Waals surface area contributed by atoms with E-state index in [9.17, 15) is 9.59 Å². The lowest BCUT2D eigenvalue weighted by molar-refractivity contribution is -0.137. The molecule has 1 amide bonds. The molecule has 0 aromatic carbocycles. The fourth-order valence-electron chi connectivity index (χ4n) is 0.854. The molecule has 0 aliphatic rings. The summed E-state index contributed by atoms with van der Waals surface area (Å²) in [5.41, 5.74) is 0.122. The lowest BCUT2D eigenvalue weighted by Crippen LogP contribution is -2.41. The predicted molar refractivity (Wildman–Crippen MR) is 47.1 cm³/mol. The van der Waals surface area contributed by atoms with Crippen molar-refractivity contribution in [2.24, 2.45) is 5.84 Å². The Balaban J connectivity index is 2.71. The van der Waals surface area contributed by atoms with Gasteiger partial charge >= 0.3 is 5.97 Å². The van der Waals surface area contributed by atoms with Crippen molar-refractivity contribution in [3.63, 3.8) is 0 Å². The molecule has 1 heterocycles. The van der Waals surface area contributed by atoms with Crippen LogP contribution in [0.15, 0.2) is 24.4 Å². The molecular weight excluding hydrogens is 186 g/mol. The second kappa shape index (κ2) is 4.33. The van der Waals surface area contributed by atoms with Gasteiger partial charge in [-0.1, -0.05) is 6.07 Å². The summed E-state index contributed by atoms with van der Waals surface area (Å²) in [5, 5.41) is 8.99. The van der Waals surface area contributed by atoms with Gasteiger partial charge in [-0.2, -0.15) is 0 Å². The van der Waals surface area contributed by atoms with E-state index in [1.807, 2.05) is 0 Å². The minimum Gasteiger partial charge on any atom is -0.480 e. The van der Waals surface area contributed by atoms with Gasteiger partial charge in [0.25, 0.3) is 5.91 Å². The molecule has 0 bridgehead atoms. The summed E-state index contributed by atoms with van der Waals surface area (Å²) in [6.07, 6.45) is 1.43. The molecule has 0 aliphatic heterocycles. The highest BCUT2D eigenvalue weighted by Gasteiger charge is 2.15. The zero-order chi connectivity index (χ0) is 10.6. The Bertz CT molecular complexity index is 339. The molecule has 14 heavy (non-hydrogen) atoms. The third-order valence-electron chi connectivity index (χ3n) is 1.45. The van der Waals surface area contributed by atoms with Crippen molar-refractivity contribution in [1.82, 2.24) is 9.99 Å². The number of nitrogens with two attached hydrogens (primary N) is 1. The number of nitrogens with zero attached hydrogens (tertiary/aromatic N) is 2. The molecule has 1 rings (SSSR count).